The van der Waals surface area contributed by atoms with E-state index in [-0.39, 0.29) is 49.4 Å². The summed E-state index contributed by atoms with van der Waals surface area (Å²) in [5.74, 6) is -3.69. The molecule has 0 spiro atoms. The number of aromatic nitrogens is 1. The maximum absolute atomic E-state index is 14.4. The number of ether oxygens (including phenoxy) is 2. The van der Waals surface area contributed by atoms with Gasteiger partial charge in [0.15, 0.2) is 0 Å². The molecule has 4 amide bonds. The van der Waals surface area contributed by atoms with Crippen LogP contribution in [0.1, 0.15) is 58.8 Å². The number of halogens is 2. The molecule has 1 aromatic heterocycles. The Balaban J connectivity index is 1.35. The van der Waals surface area contributed by atoms with Crippen molar-refractivity contribution in [3.63, 3.8) is 0 Å². The van der Waals surface area contributed by atoms with Crippen molar-refractivity contribution in [1.29, 1.82) is 0 Å². The van der Waals surface area contributed by atoms with Crippen LogP contribution in [0.4, 0.5) is 13.6 Å². The Hall–Kier alpha value is -4.54. The highest BCUT2D eigenvalue weighted by atomic mass is 32.2. The third kappa shape index (κ3) is 7.11. The first-order valence-corrected chi connectivity index (χ1v) is 18.8. The van der Waals surface area contributed by atoms with E-state index in [0.717, 1.165) is 0 Å². The Morgan fingerprint density at radius 2 is 1.92 bits per heavy atom. The van der Waals surface area contributed by atoms with Gasteiger partial charge in [0.2, 0.25) is 27.7 Å². The van der Waals surface area contributed by atoms with E-state index in [9.17, 15) is 41.5 Å². The minimum Gasteiger partial charge on any atom is -0.494 e. The van der Waals surface area contributed by atoms with Gasteiger partial charge in [-0.25, -0.2) is 27.0 Å². The predicted octanol–water partition coefficient (Wildman–Crippen LogP) is 3.20. The fourth-order valence-corrected chi connectivity index (χ4v) is 8.89. The predicted molar refractivity (Wildman–Crippen MR) is 183 cm³/mol. The minimum absolute atomic E-state index is 0.00798. The number of hydrogen-bond acceptors (Lipinski definition) is 9. The molecule has 4 N–H and O–H groups in total. The van der Waals surface area contributed by atoms with Gasteiger partial charge in [-0.2, -0.15) is 0 Å². The number of carbonyl (C=O) groups excluding carboxylic acids is 3. The highest BCUT2D eigenvalue weighted by molar-refractivity contribution is 7.91. The van der Waals surface area contributed by atoms with Gasteiger partial charge in [0, 0.05) is 17.7 Å². The summed E-state index contributed by atoms with van der Waals surface area (Å²) in [4.78, 5) is 59.8. The van der Waals surface area contributed by atoms with E-state index in [1.165, 1.54) is 36.4 Å². The molecule has 2 aliphatic carbocycles. The van der Waals surface area contributed by atoms with E-state index in [0.29, 0.717) is 30.4 Å². The van der Waals surface area contributed by atoms with E-state index in [1.807, 2.05) is 17.7 Å². The fraction of sp³-hybridized carbons (Fsp3) is 0.571. The van der Waals surface area contributed by atoms with Gasteiger partial charge in [-0.1, -0.05) is 26.0 Å². The summed E-state index contributed by atoms with van der Waals surface area (Å²) >= 11 is 0. The Morgan fingerprint density at radius 3 is 2.60 bits per heavy atom. The van der Waals surface area contributed by atoms with Crippen molar-refractivity contribution >= 4 is 44.6 Å². The third-order valence-corrected chi connectivity index (χ3v) is 12.9. The fourth-order valence-electron chi connectivity index (χ4n) is 7.46. The molecule has 52 heavy (non-hydrogen) atoms. The number of methoxy groups -OCH3 is 1. The van der Waals surface area contributed by atoms with Crippen molar-refractivity contribution in [2.45, 2.75) is 87.3 Å². The highest BCUT2D eigenvalue weighted by Gasteiger charge is 2.64. The van der Waals surface area contributed by atoms with Crippen molar-refractivity contribution in [2.75, 3.05) is 20.3 Å². The normalized spacial score (nSPS) is 30.2. The second kappa shape index (κ2) is 14.1. The molecule has 3 fully saturated rings. The summed E-state index contributed by atoms with van der Waals surface area (Å²) in [6, 6.07) is 1.44. The summed E-state index contributed by atoms with van der Waals surface area (Å²) < 4.78 is 66.2. The number of nitrogens with one attached hydrogen (secondary N) is 3. The second-order valence-corrected chi connectivity index (χ2v) is 16.7. The van der Waals surface area contributed by atoms with Gasteiger partial charge >= 0.3 is 6.09 Å². The van der Waals surface area contributed by atoms with E-state index in [4.69, 9.17) is 9.47 Å². The van der Waals surface area contributed by atoms with Crippen LogP contribution in [0.5, 0.6) is 11.6 Å². The van der Waals surface area contributed by atoms with Crippen molar-refractivity contribution in [3.05, 3.63) is 42.4 Å². The smallest absolute Gasteiger partial charge is 0.405 e. The molecule has 0 unspecified atom stereocenters. The summed E-state index contributed by atoms with van der Waals surface area (Å²) in [5.41, 5.74) is -1.70. The van der Waals surface area contributed by atoms with E-state index >= 15 is 0 Å². The number of benzene rings is 1. The summed E-state index contributed by atoms with van der Waals surface area (Å²) in [6.07, 6.45) is 4.44. The van der Waals surface area contributed by atoms with Crippen LogP contribution in [0.15, 0.2) is 36.5 Å². The number of nitrogens with zero attached hydrogens (tertiary/aromatic N) is 2. The first kappa shape index (κ1) is 37.2. The van der Waals surface area contributed by atoms with Crippen LogP contribution in [0.3, 0.4) is 0 Å². The van der Waals surface area contributed by atoms with Crippen LogP contribution in [-0.4, -0.2) is 96.0 Å². The number of alkyl halides is 1. The molecule has 0 bridgehead atoms. The Kier molecular flexibility index (Phi) is 10.1. The Labute approximate surface area is 299 Å². The molecule has 2 aromatic rings. The Morgan fingerprint density at radius 1 is 1.17 bits per heavy atom. The van der Waals surface area contributed by atoms with Gasteiger partial charge in [0.1, 0.15) is 46.7 Å². The number of fused-ring (bicyclic) bond motifs is 3. The molecule has 17 heteroatoms. The molecular weight excluding hydrogens is 704 g/mol. The molecule has 7 atom stereocenters. The lowest BCUT2D eigenvalue weighted by molar-refractivity contribution is -0.142. The van der Waals surface area contributed by atoms with Gasteiger partial charge in [-0.3, -0.25) is 19.1 Å². The van der Waals surface area contributed by atoms with E-state index in [1.54, 1.807) is 13.0 Å². The van der Waals surface area contributed by atoms with Crippen LogP contribution in [0.25, 0.3) is 10.8 Å². The second-order valence-electron chi connectivity index (χ2n) is 14.6. The molecule has 2 saturated carbocycles. The van der Waals surface area contributed by atoms with Crippen molar-refractivity contribution < 1.29 is 51.0 Å². The lowest BCUT2D eigenvalue weighted by atomic mass is 9.88. The molecular formula is C35H43F2N5O9S. The number of carbonyl (C=O) groups is 4. The molecule has 3 heterocycles. The highest BCUT2D eigenvalue weighted by Crippen LogP contribution is 2.48. The topological polar surface area (TPSA) is 193 Å². The van der Waals surface area contributed by atoms with Gasteiger partial charge in [0.25, 0.3) is 5.91 Å². The third-order valence-electron chi connectivity index (χ3n) is 10.8. The van der Waals surface area contributed by atoms with Crippen molar-refractivity contribution in [2.24, 2.45) is 17.8 Å². The van der Waals surface area contributed by atoms with Gasteiger partial charge in [0.05, 0.1) is 25.2 Å². The van der Waals surface area contributed by atoms with Gasteiger partial charge in [-0.05, 0) is 68.6 Å². The number of amides is 4. The van der Waals surface area contributed by atoms with Crippen molar-refractivity contribution in [3.8, 4) is 11.6 Å². The van der Waals surface area contributed by atoms with E-state index < -0.39 is 86.6 Å². The molecule has 1 saturated heterocycles. The average molecular weight is 748 g/mol. The first-order valence-electron chi connectivity index (χ1n) is 17.3. The van der Waals surface area contributed by atoms with Crippen LogP contribution < -0.4 is 24.8 Å². The van der Waals surface area contributed by atoms with Crippen LogP contribution in [-0.2, 0) is 24.4 Å². The first-order chi connectivity index (χ1) is 24.6. The average Bonchev–Trinajstić information content (AvgIpc) is 4.00. The largest absolute Gasteiger partial charge is 0.494 e. The number of sulfonamides is 1. The van der Waals surface area contributed by atoms with Crippen LogP contribution in [0.2, 0.25) is 0 Å². The molecule has 4 aliphatic rings. The standard InChI is InChI=1S/C35H43F2N5O9S/c1-19-6-4-5-7-21-15-35(21,32(45)41-52(48,49)34(18-36)10-11-34)40-29(43)26-14-23(17-42(26)31(44)28(20(2)12-19)39-33(46)47)51-30-25-13-22(37)8-9-24(25)27(50-3)16-38-30/h5,7-9,13,16,19-21,23,26,28,39H,4,6,10-12,14-15,17-18H2,1-3H3,(H,40,43)(H,41,45)(H,46,47)/t19-,20-,21-,23-,26+,28+,35-/m1/s1. The van der Waals surface area contributed by atoms with E-state index in [2.05, 4.69) is 15.6 Å². The van der Waals surface area contributed by atoms with Gasteiger partial charge in [-0.15, -0.1) is 0 Å². The van der Waals surface area contributed by atoms with Crippen LogP contribution in [0, 0.1) is 23.6 Å². The maximum Gasteiger partial charge on any atom is 0.405 e. The quantitative estimate of drug-likeness (QED) is 0.292. The number of pyridine rings is 1. The zero-order valence-electron chi connectivity index (χ0n) is 29.1. The maximum atomic E-state index is 14.4. The monoisotopic (exact) mass is 747 g/mol. The molecule has 282 valence electrons. The zero-order chi connectivity index (χ0) is 37.6. The lowest BCUT2D eigenvalue weighted by Crippen LogP contribution is -2.59. The molecule has 6 rings (SSSR count). The summed E-state index contributed by atoms with van der Waals surface area (Å²) in [5, 5.41) is 15.6. The Bertz CT molecular complexity index is 1910. The number of allylic oxidation sites excluding steroid dienone is 1. The number of rotatable bonds is 8. The SMILES string of the molecule is COc1cnc(O[C@@H]2C[C@H]3C(=O)N[C@]4(C(=O)NS(=O)(=O)C5(CF)CC5)C[C@H]4C=CCC[C@@H](C)C[C@@H](C)[C@H](NC(=O)O)C(=O)N3C2)c2cc(F)ccc12. The summed E-state index contributed by atoms with van der Waals surface area (Å²) in [6.45, 7) is 2.37. The molecule has 1 aromatic carbocycles. The van der Waals surface area contributed by atoms with Crippen molar-refractivity contribution in [1.82, 2.24) is 25.2 Å². The number of hydrogen-bond donors (Lipinski definition) is 4. The molecule has 2 aliphatic heterocycles. The zero-order valence-corrected chi connectivity index (χ0v) is 29.9. The number of carboxylic acid groups (broad SMARTS) is 1. The van der Waals surface area contributed by atoms with Crippen LogP contribution >= 0.6 is 0 Å². The van der Waals surface area contributed by atoms with Gasteiger partial charge < -0.3 is 30.1 Å². The minimum atomic E-state index is -4.41. The lowest BCUT2D eigenvalue weighted by Gasteiger charge is -2.32. The molecule has 0 radical (unpaired) electrons. The summed E-state index contributed by atoms with van der Waals surface area (Å²) in [7, 11) is -2.98. The molecule has 14 nitrogen and oxygen atoms in total.